The van der Waals surface area contributed by atoms with Gasteiger partial charge in [-0.05, 0) is 38.1 Å². The molecular weight excluding hydrogens is 324 g/mol. The van der Waals surface area contributed by atoms with E-state index in [0.717, 1.165) is 39.9 Å². The number of aromatic nitrogens is 3. The van der Waals surface area contributed by atoms with Crippen molar-refractivity contribution < 1.29 is 4.74 Å². The summed E-state index contributed by atoms with van der Waals surface area (Å²) in [5.41, 5.74) is 5.73. The summed E-state index contributed by atoms with van der Waals surface area (Å²) in [5.74, 6) is 1.66. The van der Waals surface area contributed by atoms with Gasteiger partial charge >= 0.3 is 0 Å². The maximum Gasteiger partial charge on any atom is 0.158 e. The first-order valence-electron chi connectivity index (χ1n) is 8.48. The fourth-order valence-electron chi connectivity index (χ4n) is 2.96. The summed E-state index contributed by atoms with van der Waals surface area (Å²) in [4.78, 5) is 4.61. The molecule has 130 valence electrons. The first-order valence-corrected chi connectivity index (χ1v) is 8.48. The maximum atomic E-state index is 5.47. The number of nitrogens with zero attached hydrogens (tertiary/aromatic N) is 3. The van der Waals surface area contributed by atoms with Crippen LogP contribution in [0.3, 0.4) is 0 Å². The van der Waals surface area contributed by atoms with Crippen molar-refractivity contribution in [2.75, 3.05) is 12.4 Å². The first-order chi connectivity index (χ1) is 12.6. The molecule has 4 rings (SSSR count). The van der Waals surface area contributed by atoms with E-state index in [1.165, 1.54) is 5.56 Å². The summed E-state index contributed by atoms with van der Waals surface area (Å²) in [6.07, 6.45) is 0. The van der Waals surface area contributed by atoms with Crippen LogP contribution in [-0.2, 0) is 0 Å². The lowest BCUT2D eigenvalue weighted by Gasteiger charge is -2.09. The highest BCUT2D eigenvalue weighted by molar-refractivity contribution is 5.71. The molecule has 2 aromatic heterocycles. The Kier molecular flexibility index (Phi) is 4.05. The number of nitrogens with one attached hydrogen (secondary N) is 1. The average Bonchev–Trinajstić information content (AvgIpc) is 3.07. The number of rotatable bonds is 4. The van der Waals surface area contributed by atoms with Gasteiger partial charge in [-0.1, -0.05) is 29.8 Å². The van der Waals surface area contributed by atoms with E-state index >= 15 is 0 Å². The Morgan fingerprint density at radius 1 is 0.962 bits per heavy atom. The van der Waals surface area contributed by atoms with Crippen molar-refractivity contribution in [3.8, 4) is 17.0 Å². The van der Waals surface area contributed by atoms with Crippen molar-refractivity contribution >= 4 is 17.2 Å². The smallest absolute Gasteiger partial charge is 0.158 e. The number of benzene rings is 2. The van der Waals surface area contributed by atoms with Crippen LogP contribution < -0.4 is 10.1 Å². The lowest BCUT2D eigenvalue weighted by atomic mass is 10.1. The second-order valence-electron chi connectivity index (χ2n) is 6.27. The highest BCUT2D eigenvalue weighted by atomic mass is 16.5. The number of fused-ring (bicyclic) bond motifs is 1. The van der Waals surface area contributed by atoms with Crippen LogP contribution >= 0.6 is 0 Å². The molecule has 5 nitrogen and oxygen atoms in total. The highest BCUT2D eigenvalue weighted by Gasteiger charge is 2.13. The predicted molar refractivity (Wildman–Crippen MR) is 104 cm³/mol. The van der Waals surface area contributed by atoms with Crippen LogP contribution in [-0.4, -0.2) is 21.7 Å². The van der Waals surface area contributed by atoms with Crippen molar-refractivity contribution in [3.63, 3.8) is 0 Å². The van der Waals surface area contributed by atoms with E-state index < -0.39 is 0 Å². The molecule has 0 spiro atoms. The average molecular weight is 344 g/mol. The Morgan fingerprint density at radius 3 is 2.50 bits per heavy atom. The topological polar surface area (TPSA) is 51.5 Å². The van der Waals surface area contributed by atoms with Crippen molar-refractivity contribution in [2.24, 2.45) is 0 Å². The zero-order valence-electron chi connectivity index (χ0n) is 15.0. The number of aryl methyl sites for hydroxylation is 2. The molecule has 1 N–H and O–H groups in total. The summed E-state index contributed by atoms with van der Waals surface area (Å²) in [7, 11) is 1.67. The van der Waals surface area contributed by atoms with Crippen molar-refractivity contribution in [3.05, 3.63) is 71.9 Å². The molecule has 2 aromatic carbocycles. The van der Waals surface area contributed by atoms with Crippen LogP contribution in [0.15, 0.2) is 60.7 Å². The van der Waals surface area contributed by atoms with Crippen LogP contribution in [0.1, 0.15) is 11.3 Å². The largest absolute Gasteiger partial charge is 0.496 e. The Bertz CT molecular complexity index is 1070. The summed E-state index contributed by atoms with van der Waals surface area (Å²) in [6, 6.07) is 20.1. The van der Waals surface area contributed by atoms with Gasteiger partial charge < -0.3 is 10.1 Å². The molecule has 0 fully saturated rings. The first kappa shape index (κ1) is 16.1. The number of anilines is 2. The molecule has 0 atom stereocenters. The van der Waals surface area contributed by atoms with Gasteiger partial charge in [0.05, 0.1) is 12.8 Å². The fourth-order valence-corrected chi connectivity index (χ4v) is 2.96. The number of hydrogen-bond acceptors (Lipinski definition) is 4. The lowest BCUT2D eigenvalue weighted by molar-refractivity contribution is 0.416. The van der Waals surface area contributed by atoms with Crippen LogP contribution in [0.2, 0.25) is 0 Å². The highest BCUT2D eigenvalue weighted by Crippen LogP contribution is 2.30. The summed E-state index contributed by atoms with van der Waals surface area (Å²) >= 11 is 0. The molecular formula is C21H20N4O. The zero-order valence-corrected chi connectivity index (χ0v) is 15.0. The van der Waals surface area contributed by atoms with E-state index in [4.69, 9.17) is 9.84 Å². The molecule has 26 heavy (non-hydrogen) atoms. The standard InChI is InChI=1S/C21H20N4O/c1-14-8-10-16(11-9-14)23-20-12-15(2)22-21-13-18(24-25(20)21)17-6-4-5-7-19(17)26-3/h4-13,23H,1-3H3. The van der Waals surface area contributed by atoms with E-state index in [9.17, 15) is 0 Å². The molecule has 0 amide bonds. The van der Waals surface area contributed by atoms with Crippen LogP contribution in [0.4, 0.5) is 11.5 Å². The van der Waals surface area contributed by atoms with Crippen molar-refractivity contribution in [1.29, 1.82) is 0 Å². The molecule has 0 aliphatic rings. The summed E-state index contributed by atoms with van der Waals surface area (Å²) in [6.45, 7) is 4.06. The number of methoxy groups -OCH3 is 1. The molecule has 2 heterocycles. The number of hydrogen-bond donors (Lipinski definition) is 1. The van der Waals surface area contributed by atoms with Gasteiger partial charge in [0.25, 0.3) is 0 Å². The van der Waals surface area contributed by atoms with Gasteiger partial charge in [0.15, 0.2) is 5.65 Å². The number of ether oxygens (including phenoxy) is 1. The van der Waals surface area contributed by atoms with Crippen LogP contribution in [0.25, 0.3) is 16.9 Å². The SMILES string of the molecule is COc1ccccc1-c1cc2nc(C)cc(Nc3ccc(C)cc3)n2n1. The summed E-state index contributed by atoms with van der Waals surface area (Å²) < 4.78 is 7.30. The molecule has 4 aromatic rings. The molecule has 0 aliphatic carbocycles. The zero-order chi connectivity index (χ0) is 18.1. The molecule has 0 aliphatic heterocycles. The van der Waals surface area contributed by atoms with E-state index in [1.807, 2.05) is 47.8 Å². The van der Waals surface area contributed by atoms with Gasteiger partial charge in [-0.2, -0.15) is 9.61 Å². The minimum Gasteiger partial charge on any atom is -0.496 e. The molecule has 0 unspecified atom stereocenters. The van der Waals surface area contributed by atoms with Gasteiger partial charge in [0.2, 0.25) is 0 Å². The van der Waals surface area contributed by atoms with Gasteiger partial charge in [0, 0.05) is 29.1 Å². The van der Waals surface area contributed by atoms with E-state index in [2.05, 4.69) is 41.5 Å². The lowest BCUT2D eigenvalue weighted by Crippen LogP contribution is -2.02. The van der Waals surface area contributed by atoms with E-state index in [0.29, 0.717) is 0 Å². The van der Waals surface area contributed by atoms with E-state index in [-0.39, 0.29) is 0 Å². The Morgan fingerprint density at radius 2 is 1.73 bits per heavy atom. The normalized spacial score (nSPS) is 10.9. The van der Waals surface area contributed by atoms with Gasteiger partial charge in [-0.15, -0.1) is 0 Å². The minimum atomic E-state index is 0.792. The Hall–Kier alpha value is -3.34. The third kappa shape index (κ3) is 2.99. The van der Waals surface area contributed by atoms with Gasteiger partial charge in [0.1, 0.15) is 11.6 Å². The van der Waals surface area contributed by atoms with Gasteiger partial charge in [-0.25, -0.2) is 4.98 Å². The third-order valence-corrected chi connectivity index (χ3v) is 4.26. The third-order valence-electron chi connectivity index (χ3n) is 4.26. The van der Waals surface area contributed by atoms with Crippen LogP contribution in [0, 0.1) is 13.8 Å². The maximum absolute atomic E-state index is 5.47. The Balaban J connectivity index is 1.81. The fraction of sp³-hybridized carbons (Fsp3) is 0.143. The van der Waals surface area contributed by atoms with Crippen molar-refractivity contribution in [2.45, 2.75) is 13.8 Å². The Labute approximate surface area is 152 Å². The summed E-state index contributed by atoms with van der Waals surface area (Å²) in [5, 5.41) is 8.20. The monoisotopic (exact) mass is 344 g/mol. The second-order valence-corrected chi connectivity index (χ2v) is 6.27. The quantitative estimate of drug-likeness (QED) is 0.580. The minimum absolute atomic E-state index is 0.792. The number of para-hydroxylation sites is 1. The van der Waals surface area contributed by atoms with Crippen LogP contribution in [0.5, 0.6) is 5.75 Å². The molecule has 0 bridgehead atoms. The molecule has 0 radical (unpaired) electrons. The molecule has 5 heteroatoms. The second kappa shape index (κ2) is 6.52. The van der Waals surface area contributed by atoms with Crippen molar-refractivity contribution in [1.82, 2.24) is 14.6 Å². The molecule has 0 saturated carbocycles. The van der Waals surface area contributed by atoms with Gasteiger partial charge in [-0.3, -0.25) is 0 Å². The predicted octanol–water partition coefficient (Wildman–Crippen LogP) is 4.77. The van der Waals surface area contributed by atoms with E-state index in [1.54, 1.807) is 7.11 Å². The molecule has 0 saturated heterocycles.